The molecule has 0 aliphatic carbocycles. The topological polar surface area (TPSA) is 33.1 Å². The average molecular weight is 302 g/mol. The van der Waals surface area contributed by atoms with Crippen LogP contribution in [0.5, 0.6) is 0 Å². The summed E-state index contributed by atoms with van der Waals surface area (Å²) in [5.74, 6) is -0.528. The first kappa shape index (κ1) is 14.0. The highest BCUT2D eigenvalue weighted by atomic mass is 35.5. The maximum absolute atomic E-state index is 13.4. The average Bonchev–Trinajstić information content (AvgIpc) is 2.50. The lowest BCUT2D eigenvalue weighted by atomic mass is 10.0. The lowest BCUT2D eigenvalue weighted by Crippen LogP contribution is -2.05. The summed E-state index contributed by atoms with van der Waals surface area (Å²) in [7, 11) is 0. The van der Waals surface area contributed by atoms with Crippen LogP contribution in [0.2, 0.25) is 5.02 Å². The first-order valence-electron chi connectivity index (χ1n) is 6.62. The number of nitrogens with zero attached hydrogens (tertiary/aromatic N) is 1. The van der Waals surface area contributed by atoms with Gasteiger partial charge in [-0.15, -0.1) is 0 Å². The molecule has 0 saturated heterocycles. The predicted molar refractivity (Wildman–Crippen MR) is 81.8 cm³/mol. The lowest BCUT2D eigenvalue weighted by Gasteiger charge is -2.13. The Kier molecular flexibility index (Phi) is 3.86. The summed E-state index contributed by atoms with van der Waals surface area (Å²) >= 11 is 5.89. The Balaban J connectivity index is 1.89. The molecular weight excluding hydrogens is 289 g/mol. The summed E-state index contributed by atoms with van der Waals surface area (Å²) in [5.41, 5.74) is 1.99. The molecule has 1 N–H and O–H groups in total. The van der Waals surface area contributed by atoms with Gasteiger partial charge in [0.15, 0.2) is 0 Å². The van der Waals surface area contributed by atoms with Crippen LogP contribution in [0.1, 0.15) is 17.4 Å². The molecule has 0 bridgehead atoms. The predicted octanol–water partition coefficient (Wildman–Crippen LogP) is 4.30. The van der Waals surface area contributed by atoms with Gasteiger partial charge >= 0.3 is 0 Å². The van der Waals surface area contributed by atoms with E-state index in [0.717, 1.165) is 16.6 Å². The summed E-state index contributed by atoms with van der Waals surface area (Å²) in [5, 5.41) is 11.3. The Hall–Kier alpha value is -1.97. The molecule has 0 saturated carbocycles. The van der Waals surface area contributed by atoms with E-state index in [1.54, 1.807) is 6.07 Å². The number of pyridine rings is 1. The van der Waals surface area contributed by atoms with Gasteiger partial charge in [0.2, 0.25) is 0 Å². The van der Waals surface area contributed by atoms with Crippen molar-refractivity contribution in [3.8, 4) is 0 Å². The van der Waals surface area contributed by atoms with Crippen LogP contribution in [-0.2, 0) is 6.42 Å². The molecule has 106 valence electrons. The fourth-order valence-electron chi connectivity index (χ4n) is 2.31. The minimum Gasteiger partial charge on any atom is -0.388 e. The molecule has 0 spiro atoms. The van der Waals surface area contributed by atoms with Crippen LogP contribution in [0, 0.1) is 5.82 Å². The minimum atomic E-state index is -0.887. The van der Waals surface area contributed by atoms with Gasteiger partial charge in [0.05, 0.1) is 16.6 Å². The largest absolute Gasteiger partial charge is 0.388 e. The molecule has 0 aliphatic rings. The Morgan fingerprint density at radius 2 is 1.86 bits per heavy atom. The van der Waals surface area contributed by atoms with Crippen LogP contribution in [0.3, 0.4) is 0 Å². The molecule has 3 rings (SSSR count). The summed E-state index contributed by atoms with van der Waals surface area (Å²) < 4.78 is 13.4. The van der Waals surface area contributed by atoms with Crippen LogP contribution < -0.4 is 0 Å². The number of aliphatic hydroxyl groups excluding tert-OH is 1. The third-order valence-corrected chi connectivity index (χ3v) is 3.80. The van der Waals surface area contributed by atoms with Crippen molar-refractivity contribution in [1.29, 1.82) is 0 Å². The number of para-hydroxylation sites is 1. The monoisotopic (exact) mass is 301 g/mol. The Bertz CT molecular complexity index is 791. The van der Waals surface area contributed by atoms with Crippen LogP contribution >= 0.6 is 11.6 Å². The SMILES string of the molecule is OC(Cc1ccc2ccccc2n1)c1cccc(F)c1Cl. The molecule has 1 atom stereocenters. The summed E-state index contributed by atoms with van der Waals surface area (Å²) in [4.78, 5) is 4.50. The van der Waals surface area contributed by atoms with E-state index < -0.39 is 11.9 Å². The Labute approximate surface area is 126 Å². The summed E-state index contributed by atoms with van der Waals surface area (Å²) in [6, 6.07) is 16.0. The highest BCUT2D eigenvalue weighted by molar-refractivity contribution is 6.31. The number of hydrogen-bond acceptors (Lipinski definition) is 2. The van der Waals surface area contributed by atoms with E-state index in [1.807, 2.05) is 36.4 Å². The molecule has 3 aromatic rings. The van der Waals surface area contributed by atoms with Gasteiger partial charge in [-0.25, -0.2) is 4.39 Å². The number of aliphatic hydroxyl groups is 1. The van der Waals surface area contributed by atoms with Gasteiger partial charge < -0.3 is 5.11 Å². The molecule has 21 heavy (non-hydrogen) atoms. The molecule has 4 heteroatoms. The lowest BCUT2D eigenvalue weighted by molar-refractivity contribution is 0.177. The molecule has 0 fully saturated rings. The van der Waals surface area contributed by atoms with E-state index in [2.05, 4.69) is 4.98 Å². The van der Waals surface area contributed by atoms with Gasteiger partial charge in [0.25, 0.3) is 0 Å². The second kappa shape index (κ2) is 5.80. The van der Waals surface area contributed by atoms with Crippen LogP contribution in [-0.4, -0.2) is 10.1 Å². The first-order chi connectivity index (χ1) is 10.1. The van der Waals surface area contributed by atoms with Crippen LogP contribution in [0.15, 0.2) is 54.6 Å². The van der Waals surface area contributed by atoms with Crippen molar-refractivity contribution in [1.82, 2.24) is 4.98 Å². The van der Waals surface area contributed by atoms with Gasteiger partial charge in [0, 0.05) is 23.1 Å². The van der Waals surface area contributed by atoms with Gasteiger partial charge in [-0.2, -0.15) is 0 Å². The van der Waals surface area contributed by atoms with E-state index in [0.29, 0.717) is 5.56 Å². The summed E-state index contributed by atoms with van der Waals surface area (Å²) in [6.45, 7) is 0. The van der Waals surface area contributed by atoms with Crippen molar-refractivity contribution in [2.24, 2.45) is 0 Å². The maximum atomic E-state index is 13.4. The van der Waals surface area contributed by atoms with Crippen molar-refractivity contribution in [3.05, 3.63) is 76.7 Å². The van der Waals surface area contributed by atoms with E-state index in [1.165, 1.54) is 12.1 Å². The van der Waals surface area contributed by atoms with Crippen molar-refractivity contribution in [3.63, 3.8) is 0 Å². The second-order valence-electron chi connectivity index (χ2n) is 4.86. The number of hydrogen-bond donors (Lipinski definition) is 1. The number of aromatic nitrogens is 1. The molecule has 0 amide bonds. The normalized spacial score (nSPS) is 12.5. The van der Waals surface area contributed by atoms with E-state index >= 15 is 0 Å². The van der Waals surface area contributed by atoms with E-state index in [4.69, 9.17) is 11.6 Å². The molecule has 1 unspecified atom stereocenters. The minimum absolute atomic E-state index is 0.0363. The molecule has 2 nitrogen and oxygen atoms in total. The number of halogens is 2. The van der Waals surface area contributed by atoms with Crippen molar-refractivity contribution >= 4 is 22.5 Å². The highest BCUT2D eigenvalue weighted by Crippen LogP contribution is 2.27. The van der Waals surface area contributed by atoms with Gasteiger partial charge in [-0.05, 0) is 18.2 Å². The molecule has 2 aromatic carbocycles. The molecule has 0 radical (unpaired) electrons. The van der Waals surface area contributed by atoms with E-state index in [9.17, 15) is 9.50 Å². The zero-order valence-electron chi connectivity index (χ0n) is 11.1. The van der Waals surface area contributed by atoms with Crippen LogP contribution in [0.25, 0.3) is 10.9 Å². The maximum Gasteiger partial charge on any atom is 0.142 e. The molecule has 1 aromatic heterocycles. The standard InChI is InChI=1S/C17H13ClFNO/c18-17-13(5-3-6-14(17)19)16(21)10-12-9-8-11-4-1-2-7-15(11)20-12/h1-9,16,21H,10H2. The van der Waals surface area contributed by atoms with Crippen LogP contribution in [0.4, 0.5) is 4.39 Å². The molecule has 0 aliphatic heterocycles. The highest BCUT2D eigenvalue weighted by Gasteiger charge is 2.15. The Morgan fingerprint density at radius 3 is 2.71 bits per heavy atom. The molecule has 1 heterocycles. The number of rotatable bonds is 3. The molecular formula is C17H13ClFNO. The number of fused-ring (bicyclic) bond motifs is 1. The van der Waals surface area contributed by atoms with Gasteiger partial charge in [-0.1, -0.05) is 48.0 Å². The second-order valence-corrected chi connectivity index (χ2v) is 5.24. The van der Waals surface area contributed by atoms with Gasteiger partial charge in [-0.3, -0.25) is 4.98 Å². The Morgan fingerprint density at radius 1 is 1.05 bits per heavy atom. The fourth-order valence-corrected chi connectivity index (χ4v) is 2.56. The third-order valence-electron chi connectivity index (χ3n) is 3.40. The van der Waals surface area contributed by atoms with Gasteiger partial charge in [0.1, 0.15) is 5.82 Å². The van der Waals surface area contributed by atoms with Crippen molar-refractivity contribution < 1.29 is 9.50 Å². The first-order valence-corrected chi connectivity index (χ1v) is 6.99. The summed E-state index contributed by atoms with van der Waals surface area (Å²) in [6.07, 6.45) is -0.601. The van der Waals surface area contributed by atoms with Crippen molar-refractivity contribution in [2.45, 2.75) is 12.5 Å². The van der Waals surface area contributed by atoms with E-state index in [-0.39, 0.29) is 11.4 Å². The number of benzene rings is 2. The smallest absolute Gasteiger partial charge is 0.142 e. The fraction of sp³-hybridized carbons (Fsp3) is 0.118. The zero-order chi connectivity index (χ0) is 14.8. The van der Waals surface area contributed by atoms with Crippen molar-refractivity contribution in [2.75, 3.05) is 0 Å². The quantitative estimate of drug-likeness (QED) is 0.782. The third kappa shape index (κ3) is 2.89. The zero-order valence-corrected chi connectivity index (χ0v) is 11.9.